The molecular weight excluding hydrogens is 180 g/mol. The Morgan fingerprint density at radius 1 is 1.43 bits per heavy atom. The maximum absolute atomic E-state index is 11.1. The van der Waals surface area contributed by atoms with E-state index in [9.17, 15) is 9.90 Å². The van der Waals surface area contributed by atoms with Crippen LogP contribution in [-0.2, 0) is 7.05 Å². The van der Waals surface area contributed by atoms with E-state index in [0.29, 0.717) is 5.39 Å². The van der Waals surface area contributed by atoms with Crippen LogP contribution >= 0.6 is 0 Å². The largest absolute Gasteiger partial charge is 0.505 e. The van der Waals surface area contributed by atoms with Crippen LogP contribution in [0.25, 0.3) is 10.9 Å². The van der Waals surface area contributed by atoms with Gasteiger partial charge in [0.2, 0.25) is 0 Å². The second-order valence-corrected chi connectivity index (χ2v) is 3.14. The van der Waals surface area contributed by atoms with Gasteiger partial charge in [-0.15, -0.1) is 0 Å². The van der Waals surface area contributed by atoms with Crippen molar-refractivity contribution in [2.45, 2.75) is 0 Å². The van der Waals surface area contributed by atoms with Crippen LogP contribution in [0.3, 0.4) is 0 Å². The normalized spacial score (nSPS) is 10.6. The number of amides is 1. The lowest BCUT2D eigenvalue weighted by Crippen LogP contribution is -2.15. The Morgan fingerprint density at radius 3 is 2.64 bits per heavy atom. The van der Waals surface area contributed by atoms with Crippen LogP contribution in [-0.4, -0.2) is 15.6 Å². The smallest absolute Gasteiger partial charge is 0.269 e. The number of carbonyl (C=O) groups excluding carboxylic acids is 1. The number of aryl methyl sites for hydroxylation is 1. The summed E-state index contributed by atoms with van der Waals surface area (Å²) in [5.41, 5.74) is 6.09. The predicted molar refractivity (Wildman–Crippen MR) is 53.1 cm³/mol. The number of fused-ring (bicyclic) bond motifs is 1. The van der Waals surface area contributed by atoms with Crippen LogP contribution in [0.2, 0.25) is 0 Å². The Hall–Kier alpha value is -1.97. The van der Waals surface area contributed by atoms with Crippen molar-refractivity contribution >= 4 is 16.8 Å². The second-order valence-electron chi connectivity index (χ2n) is 3.14. The lowest BCUT2D eigenvalue weighted by molar-refractivity contribution is 0.0990. The second kappa shape index (κ2) is 2.77. The maximum Gasteiger partial charge on any atom is 0.269 e. The van der Waals surface area contributed by atoms with Crippen molar-refractivity contribution in [3.8, 4) is 5.75 Å². The van der Waals surface area contributed by atoms with Crippen LogP contribution in [0.4, 0.5) is 0 Å². The molecule has 4 nitrogen and oxygen atoms in total. The first-order chi connectivity index (χ1) is 6.63. The fourth-order valence-corrected chi connectivity index (χ4v) is 1.66. The Balaban J connectivity index is 2.92. The van der Waals surface area contributed by atoms with Gasteiger partial charge in [0.1, 0.15) is 5.69 Å². The lowest BCUT2D eigenvalue weighted by atomic mass is 10.2. The van der Waals surface area contributed by atoms with Gasteiger partial charge in [-0.1, -0.05) is 12.1 Å². The summed E-state index contributed by atoms with van der Waals surface area (Å²) >= 11 is 0. The number of primary amides is 1. The Bertz CT molecular complexity index is 475. The summed E-state index contributed by atoms with van der Waals surface area (Å²) in [6.07, 6.45) is 0. The summed E-state index contributed by atoms with van der Waals surface area (Å²) in [5.74, 6) is -0.670. The molecule has 0 spiro atoms. The minimum absolute atomic E-state index is 0.0457. The average molecular weight is 190 g/mol. The van der Waals surface area contributed by atoms with Crippen LogP contribution < -0.4 is 5.73 Å². The molecule has 0 fully saturated rings. The first kappa shape index (κ1) is 8.62. The summed E-state index contributed by atoms with van der Waals surface area (Å²) in [6.45, 7) is 0. The van der Waals surface area contributed by atoms with E-state index in [2.05, 4.69) is 0 Å². The van der Waals surface area contributed by atoms with E-state index < -0.39 is 5.91 Å². The number of nitrogens with zero attached hydrogens (tertiary/aromatic N) is 1. The van der Waals surface area contributed by atoms with Gasteiger partial charge < -0.3 is 15.4 Å². The SMILES string of the molecule is Cn1c(C(N)=O)c(O)c2ccccc21. The molecule has 1 heterocycles. The Kier molecular flexibility index (Phi) is 1.70. The molecule has 2 rings (SSSR count). The number of para-hydroxylation sites is 1. The van der Waals surface area contributed by atoms with E-state index in [-0.39, 0.29) is 11.4 Å². The lowest BCUT2D eigenvalue weighted by Gasteiger charge is -1.98. The molecule has 0 aliphatic carbocycles. The fraction of sp³-hybridized carbons (Fsp3) is 0.100. The standard InChI is InChI=1S/C10H10N2O2/c1-12-7-5-3-2-4-6(7)9(13)8(12)10(11)14/h2-5,13H,1H3,(H2,11,14). The zero-order chi connectivity index (χ0) is 10.3. The number of benzene rings is 1. The predicted octanol–water partition coefficient (Wildman–Crippen LogP) is 0.983. The molecule has 0 aliphatic heterocycles. The Labute approximate surface area is 80.6 Å². The topological polar surface area (TPSA) is 68.2 Å². The first-order valence-electron chi connectivity index (χ1n) is 4.19. The molecule has 0 atom stereocenters. The average Bonchev–Trinajstić information content (AvgIpc) is 2.41. The summed E-state index contributed by atoms with van der Waals surface area (Å²) in [6, 6.07) is 7.21. The van der Waals surface area contributed by atoms with Gasteiger partial charge in [-0.3, -0.25) is 4.79 Å². The molecule has 4 heteroatoms. The highest BCUT2D eigenvalue weighted by molar-refractivity contribution is 6.03. The zero-order valence-electron chi connectivity index (χ0n) is 7.69. The summed E-state index contributed by atoms with van der Waals surface area (Å²) in [4.78, 5) is 11.1. The summed E-state index contributed by atoms with van der Waals surface area (Å²) in [7, 11) is 1.70. The van der Waals surface area contributed by atoms with Crippen molar-refractivity contribution < 1.29 is 9.90 Å². The molecule has 0 unspecified atom stereocenters. The summed E-state index contributed by atoms with van der Waals surface area (Å²) in [5, 5.41) is 10.4. The van der Waals surface area contributed by atoms with Crippen molar-refractivity contribution in [3.05, 3.63) is 30.0 Å². The highest BCUT2D eigenvalue weighted by Gasteiger charge is 2.17. The van der Waals surface area contributed by atoms with Crippen molar-refractivity contribution in [3.63, 3.8) is 0 Å². The van der Waals surface area contributed by atoms with E-state index in [1.165, 1.54) is 0 Å². The van der Waals surface area contributed by atoms with Gasteiger partial charge in [0.05, 0.1) is 5.52 Å². The highest BCUT2D eigenvalue weighted by atomic mass is 16.3. The maximum atomic E-state index is 11.1. The third kappa shape index (κ3) is 0.970. The summed E-state index contributed by atoms with van der Waals surface area (Å²) < 4.78 is 1.59. The van der Waals surface area contributed by atoms with Crippen molar-refractivity contribution in [1.82, 2.24) is 4.57 Å². The van der Waals surface area contributed by atoms with E-state index in [4.69, 9.17) is 5.73 Å². The number of aromatic hydroxyl groups is 1. The molecule has 72 valence electrons. The molecule has 0 radical (unpaired) electrons. The van der Waals surface area contributed by atoms with E-state index in [1.54, 1.807) is 23.7 Å². The number of rotatable bonds is 1. The van der Waals surface area contributed by atoms with Gasteiger partial charge in [0.15, 0.2) is 5.75 Å². The van der Waals surface area contributed by atoms with Crippen LogP contribution in [0.5, 0.6) is 5.75 Å². The molecule has 14 heavy (non-hydrogen) atoms. The van der Waals surface area contributed by atoms with Crippen molar-refractivity contribution in [2.24, 2.45) is 12.8 Å². The molecule has 0 aliphatic rings. The van der Waals surface area contributed by atoms with Gasteiger partial charge >= 0.3 is 0 Å². The van der Waals surface area contributed by atoms with Gasteiger partial charge in [-0.05, 0) is 12.1 Å². The third-order valence-electron chi connectivity index (χ3n) is 2.31. The van der Waals surface area contributed by atoms with Crippen LogP contribution in [0.15, 0.2) is 24.3 Å². The molecule has 1 aromatic heterocycles. The van der Waals surface area contributed by atoms with Gasteiger partial charge in [-0.2, -0.15) is 0 Å². The quantitative estimate of drug-likeness (QED) is 0.703. The minimum Gasteiger partial charge on any atom is -0.505 e. The number of carbonyl (C=O) groups is 1. The monoisotopic (exact) mass is 190 g/mol. The molecule has 2 aromatic rings. The first-order valence-corrected chi connectivity index (χ1v) is 4.19. The molecular formula is C10H10N2O2. The minimum atomic E-state index is -0.624. The fourth-order valence-electron chi connectivity index (χ4n) is 1.66. The third-order valence-corrected chi connectivity index (χ3v) is 2.31. The van der Waals surface area contributed by atoms with Gasteiger partial charge in [0.25, 0.3) is 5.91 Å². The van der Waals surface area contributed by atoms with E-state index in [1.807, 2.05) is 12.1 Å². The molecule has 0 bridgehead atoms. The zero-order valence-corrected chi connectivity index (χ0v) is 7.69. The highest BCUT2D eigenvalue weighted by Crippen LogP contribution is 2.30. The molecule has 0 saturated heterocycles. The van der Waals surface area contributed by atoms with Gasteiger partial charge in [0, 0.05) is 12.4 Å². The van der Waals surface area contributed by atoms with Gasteiger partial charge in [-0.25, -0.2) is 0 Å². The number of hydrogen-bond acceptors (Lipinski definition) is 2. The molecule has 0 saturated carbocycles. The van der Waals surface area contributed by atoms with E-state index in [0.717, 1.165) is 5.52 Å². The molecule has 1 aromatic carbocycles. The Morgan fingerprint density at radius 2 is 2.07 bits per heavy atom. The number of nitrogens with two attached hydrogens (primary N) is 1. The number of aromatic nitrogens is 1. The molecule has 3 N–H and O–H groups in total. The van der Waals surface area contributed by atoms with Crippen LogP contribution in [0.1, 0.15) is 10.5 Å². The molecule has 1 amide bonds. The van der Waals surface area contributed by atoms with Crippen molar-refractivity contribution in [1.29, 1.82) is 0 Å². The van der Waals surface area contributed by atoms with Crippen LogP contribution in [0, 0.1) is 0 Å². The van der Waals surface area contributed by atoms with Crippen molar-refractivity contribution in [2.75, 3.05) is 0 Å². The van der Waals surface area contributed by atoms with E-state index >= 15 is 0 Å². The number of hydrogen-bond donors (Lipinski definition) is 2.